The van der Waals surface area contributed by atoms with Crippen LogP contribution < -0.4 is 5.32 Å². The highest BCUT2D eigenvalue weighted by Gasteiger charge is 2.49. The Kier molecular flexibility index (Phi) is 6.92. The summed E-state index contributed by atoms with van der Waals surface area (Å²) < 4.78 is 68.0. The molecule has 1 fully saturated rings. The SMILES string of the molecule is CCOC[C@H](C)Nc1nc2ccc(-c3[nH]c(C4(COS(C)(=O)=O)CC4)nc3-c3ccc(F)cc3F)nc2o1. The first-order valence-corrected chi connectivity index (χ1v) is 13.9. The van der Waals surface area contributed by atoms with E-state index >= 15 is 0 Å². The van der Waals surface area contributed by atoms with Crippen LogP contribution in [0.25, 0.3) is 33.9 Å². The summed E-state index contributed by atoms with van der Waals surface area (Å²) in [6.45, 7) is 4.81. The average Bonchev–Trinajstić information content (AvgIpc) is 3.34. The first-order chi connectivity index (χ1) is 18.1. The van der Waals surface area contributed by atoms with E-state index in [0.717, 1.165) is 18.4 Å². The first kappa shape index (κ1) is 26.2. The zero-order valence-electron chi connectivity index (χ0n) is 21.0. The molecule has 0 amide bonds. The summed E-state index contributed by atoms with van der Waals surface area (Å²) in [7, 11) is -3.67. The largest absolute Gasteiger partial charge is 0.404 e. The number of anilines is 1. The number of ether oxygens (including phenoxy) is 1. The number of imidazole rings is 1. The van der Waals surface area contributed by atoms with Gasteiger partial charge in [-0.3, -0.25) is 4.18 Å². The summed E-state index contributed by atoms with van der Waals surface area (Å²) >= 11 is 0. The number of aromatic amines is 1. The average molecular weight is 548 g/mol. The molecule has 0 aliphatic heterocycles. The van der Waals surface area contributed by atoms with Gasteiger partial charge >= 0.3 is 0 Å². The van der Waals surface area contributed by atoms with Gasteiger partial charge in [0.1, 0.15) is 28.7 Å². The lowest BCUT2D eigenvalue weighted by molar-refractivity contribution is 0.140. The van der Waals surface area contributed by atoms with Crippen molar-refractivity contribution in [2.75, 3.05) is 31.4 Å². The van der Waals surface area contributed by atoms with Crippen LogP contribution in [0.1, 0.15) is 32.5 Å². The van der Waals surface area contributed by atoms with Crippen LogP contribution in [-0.2, 0) is 24.5 Å². The monoisotopic (exact) mass is 547 g/mol. The summed E-state index contributed by atoms with van der Waals surface area (Å²) in [6, 6.07) is 6.86. The smallest absolute Gasteiger partial charge is 0.297 e. The van der Waals surface area contributed by atoms with Gasteiger partial charge < -0.3 is 19.5 Å². The molecular formula is C25H27F2N5O5S. The lowest BCUT2D eigenvalue weighted by atomic mass is 10.1. The van der Waals surface area contributed by atoms with Crippen LogP contribution in [0.2, 0.25) is 0 Å². The fourth-order valence-corrected chi connectivity index (χ4v) is 4.51. The van der Waals surface area contributed by atoms with Crippen molar-refractivity contribution < 1.29 is 30.5 Å². The molecule has 1 saturated carbocycles. The minimum absolute atomic E-state index is 0.0467. The molecule has 1 aliphatic rings. The van der Waals surface area contributed by atoms with Crippen molar-refractivity contribution in [3.8, 4) is 22.6 Å². The van der Waals surface area contributed by atoms with E-state index in [0.29, 0.717) is 48.8 Å². The quantitative estimate of drug-likeness (QED) is 0.262. The Hall–Kier alpha value is -3.42. The van der Waals surface area contributed by atoms with Gasteiger partial charge in [0.15, 0.2) is 0 Å². The maximum Gasteiger partial charge on any atom is 0.297 e. The van der Waals surface area contributed by atoms with Gasteiger partial charge in [0.25, 0.3) is 16.1 Å². The Morgan fingerprint density at radius 3 is 2.66 bits per heavy atom. The van der Waals surface area contributed by atoms with Crippen LogP contribution in [0.3, 0.4) is 0 Å². The molecule has 0 spiro atoms. The van der Waals surface area contributed by atoms with E-state index in [1.807, 2.05) is 13.8 Å². The van der Waals surface area contributed by atoms with Crippen molar-refractivity contribution in [3.05, 3.63) is 47.8 Å². The van der Waals surface area contributed by atoms with Crippen LogP contribution >= 0.6 is 0 Å². The molecule has 1 aliphatic carbocycles. The van der Waals surface area contributed by atoms with Gasteiger partial charge in [-0.15, -0.1) is 0 Å². The molecule has 3 aromatic heterocycles. The summed E-state index contributed by atoms with van der Waals surface area (Å²) in [6.07, 6.45) is 2.24. The number of oxazole rings is 1. The van der Waals surface area contributed by atoms with Crippen molar-refractivity contribution in [2.24, 2.45) is 0 Å². The van der Waals surface area contributed by atoms with Gasteiger partial charge in [-0.2, -0.15) is 13.4 Å². The Morgan fingerprint density at radius 2 is 1.97 bits per heavy atom. The van der Waals surface area contributed by atoms with E-state index in [1.165, 1.54) is 6.07 Å². The Bertz CT molecular complexity index is 1580. The maximum atomic E-state index is 14.9. The van der Waals surface area contributed by atoms with Crippen LogP contribution in [0.15, 0.2) is 34.7 Å². The van der Waals surface area contributed by atoms with Crippen molar-refractivity contribution in [1.29, 1.82) is 0 Å². The summed E-state index contributed by atoms with van der Waals surface area (Å²) in [5.74, 6) is -1.08. The third kappa shape index (κ3) is 5.54. The maximum absolute atomic E-state index is 14.9. The van der Waals surface area contributed by atoms with Gasteiger partial charge in [-0.25, -0.2) is 18.7 Å². The van der Waals surface area contributed by atoms with Crippen LogP contribution in [0, 0.1) is 11.6 Å². The number of pyridine rings is 1. The predicted octanol–water partition coefficient (Wildman–Crippen LogP) is 4.40. The number of nitrogens with one attached hydrogen (secondary N) is 2. The van der Waals surface area contributed by atoms with Crippen molar-refractivity contribution in [3.63, 3.8) is 0 Å². The molecule has 5 rings (SSSR count). The molecule has 0 saturated heterocycles. The molecule has 10 nitrogen and oxygen atoms in total. The second-order valence-electron chi connectivity index (χ2n) is 9.42. The minimum atomic E-state index is -3.67. The molecule has 0 unspecified atom stereocenters. The number of fused-ring (bicyclic) bond motifs is 1. The number of benzene rings is 1. The highest BCUT2D eigenvalue weighted by Crippen LogP contribution is 2.49. The highest BCUT2D eigenvalue weighted by atomic mass is 32.2. The molecule has 2 N–H and O–H groups in total. The molecule has 3 heterocycles. The lowest BCUT2D eigenvalue weighted by Crippen LogP contribution is -2.21. The predicted molar refractivity (Wildman–Crippen MR) is 136 cm³/mol. The second kappa shape index (κ2) is 10.0. The van der Waals surface area contributed by atoms with Crippen molar-refractivity contribution >= 4 is 27.4 Å². The van der Waals surface area contributed by atoms with Crippen molar-refractivity contribution in [2.45, 2.75) is 38.1 Å². The van der Waals surface area contributed by atoms with Gasteiger partial charge in [0, 0.05) is 18.2 Å². The zero-order chi connectivity index (χ0) is 27.1. The van der Waals surface area contributed by atoms with Crippen LogP contribution in [0.5, 0.6) is 0 Å². The van der Waals surface area contributed by atoms with Crippen LogP contribution in [0.4, 0.5) is 14.8 Å². The highest BCUT2D eigenvalue weighted by molar-refractivity contribution is 7.85. The molecule has 1 atom stereocenters. The van der Waals surface area contributed by atoms with E-state index in [4.69, 9.17) is 13.3 Å². The van der Waals surface area contributed by atoms with E-state index in [1.54, 1.807) is 12.1 Å². The number of hydrogen-bond acceptors (Lipinski definition) is 9. The van der Waals surface area contributed by atoms with E-state index < -0.39 is 27.2 Å². The first-order valence-electron chi connectivity index (χ1n) is 12.1. The minimum Gasteiger partial charge on any atom is -0.404 e. The zero-order valence-corrected chi connectivity index (χ0v) is 21.9. The number of hydrogen-bond donors (Lipinski definition) is 2. The molecule has 13 heteroatoms. The number of nitrogens with zero attached hydrogens (tertiary/aromatic N) is 3. The van der Waals surface area contributed by atoms with E-state index in [2.05, 4.69) is 25.3 Å². The van der Waals surface area contributed by atoms with Crippen molar-refractivity contribution in [1.82, 2.24) is 19.9 Å². The summed E-state index contributed by atoms with van der Waals surface area (Å²) in [5, 5.41) is 3.12. The third-order valence-corrected chi connectivity index (χ3v) is 6.79. The number of H-pyrrole nitrogens is 1. The summed E-state index contributed by atoms with van der Waals surface area (Å²) in [5.41, 5.74) is 1.12. The number of aromatic nitrogens is 4. The van der Waals surface area contributed by atoms with Gasteiger partial charge in [-0.1, -0.05) is 0 Å². The molecule has 0 bridgehead atoms. The van der Waals surface area contributed by atoms with Gasteiger partial charge in [0.2, 0.25) is 5.71 Å². The number of rotatable bonds is 11. The topological polar surface area (TPSA) is 132 Å². The van der Waals surface area contributed by atoms with Crippen LogP contribution in [-0.4, -0.2) is 60.5 Å². The Balaban J connectivity index is 1.54. The number of halogens is 2. The van der Waals surface area contributed by atoms with E-state index in [-0.39, 0.29) is 35.6 Å². The third-order valence-electron chi connectivity index (χ3n) is 6.25. The Labute approximate surface area is 217 Å². The fraction of sp³-hybridized carbons (Fsp3) is 0.400. The van der Waals surface area contributed by atoms with Gasteiger partial charge in [-0.05, 0) is 51.0 Å². The van der Waals surface area contributed by atoms with Gasteiger partial charge in [0.05, 0.1) is 42.3 Å². The van der Waals surface area contributed by atoms with E-state index in [9.17, 15) is 17.2 Å². The molecular weight excluding hydrogens is 520 g/mol. The Morgan fingerprint density at radius 1 is 1.18 bits per heavy atom. The lowest BCUT2D eigenvalue weighted by Gasteiger charge is -2.11. The standard InChI is InChI=1S/C25H27F2N5O5S/c1-4-35-12-14(2)28-24-30-19-8-7-18(29-22(19)37-24)21-20(16-6-5-15(26)11-17(16)27)31-23(32-21)25(9-10-25)13-36-38(3,33)34/h5-8,11,14H,4,9-10,12-13H2,1-3H3,(H,28,30)(H,31,32)/t14-/m0/s1. The molecule has 202 valence electrons. The second-order valence-corrected chi connectivity index (χ2v) is 11.1. The molecule has 4 aromatic rings. The normalized spacial score (nSPS) is 15.6. The fourth-order valence-electron chi connectivity index (χ4n) is 4.07. The molecule has 0 radical (unpaired) electrons. The molecule has 1 aromatic carbocycles. The molecule has 38 heavy (non-hydrogen) atoms. The summed E-state index contributed by atoms with van der Waals surface area (Å²) in [4.78, 5) is 16.8.